The first-order chi connectivity index (χ1) is 11.8. The summed E-state index contributed by atoms with van der Waals surface area (Å²) in [6, 6.07) is 14.6. The lowest BCUT2D eigenvalue weighted by molar-refractivity contribution is 0.0277. The van der Waals surface area contributed by atoms with E-state index < -0.39 is 0 Å². The van der Waals surface area contributed by atoms with Crippen LogP contribution in [-0.4, -0.2) is 37.8 Å². The molecule has 4 nitrogen and oxygen atoms in total. The largest absolute Gasteiger partial charge is 0.371 e. The smallest absolute Gasteiger partial charge is 0.155 e. The number of morpholine rings is 1. The minimum absolute atomic E-state index is 0. The molecular weight excluding hydrogens is 341 g/mol. The van der Waals surface area contributed by atoms with Crippen LogP contribution in [0.25, 0.3) is 0 Å². The van der Waals surface area contributed by atoms with E-state index in [9.17, 15) is 4.39 Å². The zero-order valence-electron chi connectivity index (χ0n) is 13.6. The lowest BCUT2D eigenvalue weighted by Gasteiger charge is -2.24. The van der Waals surface area contributed by atoms with Crippen molar-refractivity contribution in [2.75, 3.05) is 26.2 Å². The van der Waals surface area contributed by atoms with E-state index in [1.165, 1.54) is 12.1 Å². The number of hydrogen-bond donors (Lipinski definition) is 1. The van der Waals surface area contributed by atoms with Gasteiger partial charge in [0.15, 0.2) is 5.84 Å². The molecule has 0 amide bonds. The van der Waals surface area contributed by atoms with Gasteiger partial charge in [-0.05, 0) is 23.3 Å². The summed E-state index contributed by atoms with van der Waals surface area (Å²) < 4.78 is 18.8. The van der Waals surface area contributed by atoms with Crippen LogP contribution in [-0.2, 0) is 4.74 Å². The number of nitrogens with zero attached hydrogens (tertiary/aromatic N) is 2. The van der Waals surface area contributed by atoms with Crippen molar-refractivity contribution in [2.45, 2.75) is 6.10 Å². The quantitative estimate of drug-likeness (QED) is 0.915. The first-order valence-corrected chi connectivity index (χ1v) is 8.10. The highest BCUT2D eigenvalue weighted by Gasteiger charge is 2.17. The predicted molar refractivity (Wildman–Crippen MR) is 99.6 cm³/mol. The maximum atomic E-state index is 13.0. The number of aliphatic imine (C=N–C) groups is 2. The van der Waals surface area contributed by atoms with Gasteiger partial charge in [-0.25, -0.2) is 9.38 Å². The van der Waals surface area contributed by atoms with Gasteiger partial charge in [0.1, 0.15) is 5.82 Å². The fraction of sp³-hybridized carbons (Fsp3) is 0.263. The highest BCUT2D eigenvalue weighted by atomic mass is 35.5. The Morgan fingerprint density at radius 2 is 1.72 bits per heavy atom. The van der Waals surface area contributed by atoms with E-state index in [0.29, 0.717) is 6.54 Å². The maximum absolute atomic E-state index is 13.0. The van der Waals surface area contributed by atoms with Crippen LogP contribution >= 0.6 is 12.4 Å². The molecule has 1 atom stereocenters. The number of amidine groups is 1. The van der Waals surface area contributed by atoms with Crippen molar-refractivity contribution < 1.29 is 9.13 Å². The van der Waals surface area contributed by atoms with Crippen LogP contribution in [0.1, 0.15) is 22.8 Å². The third-order valence-electron chi connectivity index (χ3n) is 4.27. The summed E-state index contributed by atoms with van der Waals surface area (Å²) in [5.74, 6) is 0.483. The molecule has 6 heteroatoms. The van der Waals surface area contributed by atoms with Gasteiger partial charge in [0.2, 0.25) is 0 Å². The molecule has 2 aromatic rings. The van der Waals surface area contributed by atoms with Crippen LogP contribution in [0.4, 0.5) is 4.39 Å². The van der Waals surface area contributed by atoms with Gasteiger partial charge in [-0.3, -0.25) is 4.99 Å². The van der Waals surface area contributed by atoms with Crippen LogP contribution in [0.5, 0.6) is 0 Å². The van der Waals surface area contributed by atoms with E-state index in [4.69, 9.17) is 4.74 Å². The molecule has 0 saturated carbocycles. The Labute approximate surface area is 152 Å². The van der Waals surface area contributed by atoms with Crippen molar-refractivity contribution in [1.82, 2.24) is 5.32 Å². The van der Waals surface area contributed by atoms with Gasteiger partial charge in [0.25, 0.3) is 0 Å². The molecule has 0 aliphatic carbocycles. The van der Waals surface area contributed by atoms with Gasteiger partial charge < -0.3 is 10.1 Å². The van der Waals surface area contributed by atoms with Crippen LogP contribution in [0, 0.1) is 5.82 Å². The molecule has 2 heterocycles. The molecule has 0 unspecified atom stereocenters. The lowest BCUT2D eigenvalue weighted by atomic mass is 10.1. The third kappa shape index (κ3) is 3.95. The fourth-order valence-corrected chi connectivity index (χ4v) is 2.93. The van der Waals surface area contributed by atoms with Crippen molar-refractivity contribution in [1.29, 1.82) is 0 Å². The second-order valence-electron chi connectivity index (χ2n) is 5.89. The third-order valence-corrected chi connectivity index (χ3v) is 4.27. The van der Waals surface area contributed by atoms with Crippen LogP contribution in [0.3, 0.4) is 0 Å². The monoisotopic (exact) mass is 359 g/mol. The van der Waals surface area contributed by atoms with Crippen molar-refractivity contribution in [3.05, 3.63) is 71.0 Å². The number of nitrogens with one attached hydrogen (secondary N) is 1. The topological polar surface area (TPSA) is 46.0 Å². The average Bonchev–Trinajstić information content (AvgIpc) is 3.13. The highest BCUT2D eigenvalue weighted by molar-refractivity contribution is 6.17. The number of ether oxygens (including phenoxy) is 1. The molecule has 4 rings (SSSR count). The Morgan fingerprint density at radius 3 is 2.40 bits per heavy atom. The summed E-state index contributed by atoms with van der Waals surface area (Å²) in [7, 11) is 0. The second-order valence-corrected chi connectivity index (χ2v) is 5.89. The first-order valence-electron chi connectivity index (χ1n) is 8.10. The number of hydrogen-bond acceptors (Lipinski definition) is 4. The van der Waals surface area contributed by atoms with Crippen molar-refractivity contribution in [2.24, 2.45) is 9.98 Å². The average molecular weight is 360 g/mol. The SMILES string of the molecule is Cl.Fc1ccc(C2=NC(c3ccc([C@H]4CNCCO4)cc3)=NC2)cc1. The van der Waals surface area contributed by atoms with Crippen LogP contribution < -0.4 is 5.32 Å². The standard InChI is InChI=1S/C19H18FN3O.ClH/c20-16-7-5-13(6-8-16)17-11-22-19(23-17)15-3-1-14(2-4-15)18-12-21-9-10-24-18;/h1-8,18,21H,9-12H2;1H/t18-;/m1./s1. The summed E-state index contributed by atoms with van der Waals surface area (Å²) in [6.07, 6.45) is 0.108. The summed E-state index contributed by atoms with van der Waals surface area (Å²) in [5, 5.41) is 3.33. The normalized spacial score (nSPS) is 19.8. The Morgan fingerprint density at radius 1 is 1.00 bits per heavy atom. The molecule has 25 heavy (non-hydrogen) atoms. The summed E-state index contributed by atoms with van der Waals surface area (Å²) in [4.78, 5) is 9.10. The molecule has 0 bridgehead atoms. The molecule has 0 spiro atoms. The second kappa shape index (κ2) is 7.87. The molecule has 0 aromatic heterocycles. The van der Waals surface area contributed by atoms with E-state index >= 15 is 0 Å². The van der Waals surface area contributed by atoms with Crippen LogP contribution in [0.2, 0.25) is 0 Å². The molecule has 130 valence electrons. The van der Waals surface area contributed by atoms with Crippen LogP contribution in [0.15, 0.2) is 58.5 Å². The summed E-state index contributed by atoms with van der Waals surface area (Å²) in [6.45, 7) is 3.02. The zero-order chi connectivity index (χ0) is 16.4. The number of rotatable bonds is 3. The Kier molecular flexibility index (Phi) is 5.58. The van der Waals surface area contributed by atoms with E-state index in [1.54, 1.807) is 12.1 Å². The van der Waals surface area contributed by atoms with E-state index in [-0.39, 0.29) is 24.3 Å². The van der Waals surface area contributed by atoms with Gasteiger partial charge in [0, 0.05) is 18.7 Å². The zero-order valence-corrected chi connectivity index (χ0v) is 14.4. The van der Waals surface area contributed by atoms with Crippen molar-refractivity contribution >= 4 is 24.0 Å². The van der Waals surface area contributed by atoms with E-state index in [1.807, 2.05) is 12.1 Å². The number of benzene rings is 2. The van der Waals surface area contributed by atoms with Crippen molar-refractivity contribution in [3.63, 3.8) is 0 Å². The van der Waals surface area contributed by atoms with E-state index in [2.05, 4.69) is 27.4 Å². The van der Waals surface area contributed by atoms with Gasteiger partial charge in [0.05, 0.1) is 25.0 Å². The van der Waals surface area contributed by atoms with Gasteiger partial charge in [-0.2, -0.15) is 0 Å². The Balaban J connectivity index is 0.00000182. The summed E-state index contributed by atoms with van der Waals surface area (Å²) >= 11 is 0. The minimum atomic E-state index is -0.242. The predicted octanol–water partition coefficient (Wildman–Crippen LogP) is 3.16. The van der Waals surface area contributed by atoms with Crippen molar-refractivity contribution in [3.8, 4) is 0 Å². The van der Waals surface area contributed by atoms with E-state index in [0.717, 1.165) is 47.9 Å². The van der Waals surface area contributed by atoms with Gasteiger partial charge in [-0.1, -0.05) is 36.4 Å². The Bertz CT molecular complexity index is 781. The molecule has 0 radical (unpaired) electrons. The molecular formula is C19H19ClFN3O. The van der Waals surface area contributed by atoms with Gasteiger partial charge >= 0.3 is 0 Å². The first kappa shape index (κ1) is 17.7. The minimum Gasteiger partial charge on any atom is -0.371 e. The van der Waals surface area contributed by atoms with Gasteiger partial charge in [-0.15, -0.1) is 12.4 Å². The maximum Gasteiger partial charge on any atom is 0.155 e. The highest BCUT2D eigenvalue weighted by Crippen LogP contribution is 2.20. The molecule has 2 aliphatic heterocycles. The molecule has 1 fully saturated rings. The Hall–Kier alpha value is -2.08. The molecule has 1 N–H and O–H groups in total. The lowest BCUT2D eigenvalue weighted by Crippen LogP contribution is -2.33. The molecule has 2 aliphatic rings. The number of halogens is 2. The fourth-order valence-electron chi connectivity index (χ4n) is 2.93. The summed E-state index contributed by atoms with van der Waals surface area (Å²) in [5.41, 5.74) is 3.93. The molecule has 2 aromatic carbocycles. The molecule has 1 saturated heterocycles.